The van der Waals surface area contributed by atoms with Crippen LogP contribution in [0.25, 0.3) is 0 Å². The molecule has 1 aromatic rings. The van der Waals surface area contributed by atoms with Crippen molar-refractivity contribution in [1.29, 1.82) is 0 Å². The van der Waals surface area contributed by atoms with Crippen LogP contribution < -0.4 is 5.32 Å². The van der Waals surface area contributed by atoms with E-state index in [1.54, 1.807) is 6.20 Å². The lowest BCUT2D eigenvalue weighted by molar-refractivity contribution is -0.117. The molecule has 16 heavy (non-hydrogen) atoms. The summed E-state index contributed by atoms with van der Waals surface area (Å²) in [5, 5.41) is 7.25. The molecule has 1 aliphatic carbocycles. The van der Waals surface area contributed by atoms with Crippen molar-refractivity contribution in [2.45, 2.75) is 37.8 Å². The van der Waals surface area contributed by atoms with Gasteiger partial charge in [-0.25, -0.2) is 0 Å². The molecule has 0 bridgehead atoms. The first-order chi connectivity index (χ1) is 7.81. The molecule has 2 atom stereocenters. The van der Waals surface area contributed by atoms with Crippen molar-refractivity contribution in [3.8, 4) is 0 Å². The first-order valence-electron chi connectivity index (χ1n) is 5.73. The third kappa shape index (κ3) is 2.32. The van der Waals surface area contributed by atoms with E-state index in [1.807, 2.05) is 16.9 Å². The maximum atomic E-state index is 11.3. The fourth-order valence-electron chi connectivity index (χ4n) is 2.31. The molecule has 1 fully saturated rings. The number of aromatic nitrogens is 2. The molecule has 1 aromatic heterocycles. The number of nitrogens with zero attached hydrogens (tertiary/aromatic N) is 2. The molecule has 0 aromatic carbocycles. The van der Waals surface area contributed by atoms with Crippen LogP contribution in [-0.4, -0.2) is 21.7 Å². The Morgan fingerprint density at radius 2 is 2.31 bits per heavy atom. The first kappa shape index (κ1) is 10.9. The van der Waals surface area contributed by atoms with E-state index in [-0.39, 0.29) is 18.0 Å². The summed E-state index contributed by atoms with van der Waals surface area (Å²) < 4.78 is 1.95. The van der Waals surface area contributed by atoms with Crippen LogP contribution in [-0.2, 0) is 4.79 Å². The molecule has 0 saturated heterocycles. The van der Waals surface area contributed by atoms with Crippen molar-refractivity contribution in [2.75, 3.05) is 0 Å². The Morgan fingerprint density at radius 3 is 3.00 bits per heavy atom. The van der Waals surface area contributed by atoms with Crippen LogP contribution in [0.5, 0.6) is 0 Å². The molecule has 1 amide bonds. The first-order valence-corrected chi connectivity index (χ1v) is 5.73. The number of carbonyl (C=O) groups is 1. The van der Waals surface area contributed by atoms with Gasteiger partial charge in [-0.2, -0.15) is 5.10 Å². The van der Waals surface area contributed by atoms with E-state index in [4.69, 9.17) is 0 Å². The van der Waals surface area contributed by atoms with Gasteiger partial charge in [0.2, 0.25) is 5.91 Å². The van der Waals surface area contributed by atoms with E-state index >= 15 is 0 Å². The molecule has 1 saturated carbocycles. The average Bonchev–Trinajstić information content (AvgIpc) is 2.83. The van der Waals surface area contributed by atoms with Crippen molar-refractivity contribution >= 4 is 5.91 Å². The van der Waals surface area contributed by atoms with E-state index in [2.05, 4.69) is 17.0 Å². The maximum Gasteiger partial charge on any atom is 0.243 e. The normalized spacial score (nSPS) is 25.0. The van der Waals surface area contributed by atoms with Gasteiger partial charge in [-0.15, -0.1) is 0 Å². The second kappa shape index (κ2) is 4.96. The lowest BCUT2D eigenvalue weighted by Gasteiger charge is -2.32. The number of carbonyl (C=O) groups excluding carboxylic acids is 1. The molecule has 86 valence electrons. The lowest BCUT2D eigenvalue weighted by Crippen LogP contribution is -2.42. The molecule has 1 aliphatic rings. The highest BCUT2D eigenvalue weighted by Crippen LogP contribution is 2.27. The van der Waals surface area contributed by atoms with Crippen LogP contribution in [0.2, 0.25) is 0 Å². The molecule has 1 N–H and O–H groups in total. The highest BCUT2D eigenvalue weighted by atomic mass is 16.1. The predicted octanol–water partition coefficient (Wildman–Crippen LogP) is 1.67. The summed E-state index contributed by atoms with van der Waals surface area (Å²) in [7, 11) is 0. The summed E-state index contributed by atoms with van der Waals surface area (Å²) in [6, 6.07) is 2.38. The zero-order chi connectivity index (χ0) is 11.4. The second-order valence-electron chi connectivity index (χ2n) is 4.16. The quantitative estimate of drug-likeness (QED) is 0.786. The van der Waals surface area contributed by atoms with Gasteiger partial charge in [0.25, 0.3) is 0 Å². The standard InChI is InChI=1S/C12H17N3O/c1-2-12(16)14-10-6-3-4-7-11(10)15-9-5-8-13-15/h2,5,8-11H,1,3-4,6-7H2,(H,14,16). The van der Waals surface area contributed by atoms with E-state index in [1.165, 1.54) is 18.9 Å². The predicted molar refractivity (Wildman–Crippen MR) is 61.9 cm³/mol. The summed E-state index contributed by atoms with van der Waals surface area (Å²) in [6.07, 6.45) is 9.53. The molecule has 4 nitrogen and oxygen atoms in total. The van der Waals surface area contributed by atoms with Crippen LogP contribution in [0, 0.1) is 0 Å². The zero-order valence-electron chi connectivity index (χ0n) is 9.30. The molecule has 1 heterocycles. The number of hydrogen-bond acceptors (Lipinski definition) is 2. The van der Waals surface area contributed by atoms with Crippen LogP contribution in [0.4, 0.5) is 0 Å². The third-order valence-corrected chi connectivity index (χ3v) is 3.11. The second-order valence-corrected chi connectivity index (χ2v) is 4.16. The van der Waals surface area contributed by atoms with Gasteiger partial charge < -0.3 is 5.32 Å². The Morgan fingerprint density at radius 1 is 1.50 bits per heavy atom. The minimum absolute atomic E-state index is 0.0935. The van der Waals surface area contributed by atoms with Gasteiger partial charge in [0.05, 0.1) is 12.1 Å². The SMILES string of the molecule is C=CC(=O)NC1CCCCC1n1cccn1. The number of amides is 1. The van der Waals surface area contributed by atoms with Gasteiger partial charge in [0.1, 0.15) is 0 Å². The van der Waals surface area contributed by atoms with Crippen LogP contribution in [0.3, 0.4) is 0 Å². The fraction of sp³-hybridized carbons (Fsp3) is 0.500. The highest BCUT2D eigenvalue weighted by molar-refractivity contribution is 5.87. The number of rotatable bonds is 3. The van der Waals surface area contributed by atoms with Crippen molar-refractivity contribution in [2.24, 2.45) is 0 Å². The molecular weight excluding hydrogens is 202 g/mol. The topological polar surface area (TPSA) is 46.9 Å². The van der Waals surface area contributed by atoms with Crippen molar-refractivity contribution in [3.05, 3.63) is 31.1 Å². The van der Waals surface area contributed by atoms with Crippen LogP contribution in [0.1, 0.15) is 31.7 Å². The monoisotopic (exact) mass is 219 g/mol. The molecular formula is C12H17N3O. The van der Waals surface area contributed by atoms with Gasteiger partial charge in [-0.05, 0) is 25.0 Å². The van der Waals surface area contributed by atoms with Crippen LogP contribution in [0.15, 0.2) is 31.1 Å². The van der Waals surface area contributed by atoms with Crippen molar-refractivity contribution < 1.29 is 4.79 Å². The maximum absolute atomic E-state index is 11.3. The summed E-state index contributed by atoms with van der Waals surface area (Å²) in [5.41, 5.74) is 0. The zero-order valence-corrected chi connectivity index (χ0v) is 9.30. The third-order valence-electron chi connectivity index (χ3n) is 3.11. The summed E-state index contributed by atoms with van der Waals surface area (Å²) >= 11 is 0. The molecule has 0 spiro atoms. The van der Waals surface area contributed by atoms with E-state index in [9.17, 15) is 4.79 Å². The molecule has 0 radical (unpaired) electrons. The van der Waals surface area contributed by atoms with E-state index in [0.717, 1.165) is 12.8 Å². The van der Waals surface area contributed by atoms with Crippen molar-refractivity contribution in [1.82, 2.24) is 15.1 Å². The summed E-state index contributed by atoms with van der Waals surface area (Å²) in [5.74, 6) is -0.0935. The Kier molecular flexibility index (Phi) is 3.39. The van der Waals surface area contributed by atoms with Crippen LogP contribution >= 0.6 is 0 Å². The van der Waals surface area contributed by atoms with Crippen molar-refractivity contribution in [3.63, 3.8) is 0 Å². The summed E-state index contributed by atoms with van der Waals surface area (Å²) in [4.78, 5) is 11.3. The molecule has 2 rings (SSSR count). The molecule has 0 aliphatic heterocycles. The van der Waals surface area contributed by atoms with Gasteiger partial charge in [0, 0.05) is 12.4 Å². The highest BCUT2D eigenvalue weighted by Gasteiger charge is 2.27. The van der Waals surface area contributed by atoms with E-state index < -0.39 is 0 Å². The average molecular weight is 219 g/mol. The summed E-state index contributed by atoms with van der Waals surface area (Å²) in [6.45, 7) is 3.48. The minimum atomic E-state index is -0.0935. The van der Waals surface area contributed by atoms with Gasteiger partial charge >= 0.3 is 0 Å². The molecule has 2 unspecified atom stereocenters. The Hall–Kier alpha value is -1.58. The Balaban J connectivity index is 2.08. The Labute approximate surface area is 95.3 Å². The molecule has 4 heteroatoms. The fourth-order valence-corrected chi connectivity index (χ4v) is 2.31. The van der Waals surface area contributed by atoms with Gasteiger partial charge in [-0.1, -0.05) is 19.4 Å². The minimum Gasteiger partial charge on any atom is -0.348 e. The lowest BCUT2D eigenvalue weighted by atomic mass is 9.90. The Bertz CT molecular complexity index is 358. The van der Waals surface area contributed by atoms with E-state index in [0.29, 0.717) is 0 Å². The van der Waals surface area contributed by atoms with Gasteiger partial charge in [-0.3, -0.25) is 9.48 Å². The van der Waals surface area contributed by atoms with Gasteiger partial charge in [0.15, 0.2) is 0 Å². The number of hydrogen-bond donors (Lipinski definition) is 1. The smallest absolute Gasteiger partial charge is 0.243 e. The largest absolute Gasteiger partial charge is 0.348 e. The number of nitrogens with one attached hydrogen (secondary N) is 1.